The largest absolute Gasteiger partial charge is 0.368 e. The zero-order valence-corrected chi connectivity index (χ0v) is 8.62. The van der Waals surface area contributed by atoms with E-state index >= 15 is 0 Å². The second-order valence-corrected chi connectivity index (χ2v) is 4.19. The fourth-order valence-electron chi connectivity index (χ4n) is 2.13. The van der Waals surface area contributed by atoms with Crippen molar-refractivity contribution < 1.29 is 4.79 Å². The van der Waals surface area contributed by atoms with Crippen LogP contribution in [-0.4, -0.2) is 29.9 Å². The van der Waals surface area contributed by atoms with E-state index < -0.39 is 0 Å². The third-order valence-corrected chi connectivity index (χ3v) is 2.71. The second-order valence-electron chi connectivity index (χ2n) is 4.19. The molecular weight excluding hydrogens is 164 g/mol. The molecule has 1 atom stereocenters. The predicted octanol–water partition coefficient (Wildman–Crippen LogP) is 0.982. The molecule has 2 N–H and O–H groups in total. The van der Waals surface area contributed by atoms with Crippen LogP contribution in [-0.2, 0) is 4.79 Å². The first-order valence-electron chi connectivity index (χ1n) is 5.16. The van der Waals surface area contributed by atoms with Gasteiger partial charge in [-0.3, -0.25) is 9.69 Å². The van der Waals surface area contributed by atoms with E-state index in [9.17, 15) is 4.79 Å². The Hall–Kier alpha value is -0.570. The minimum absolute atomic E-state index is 0.0553. The number of hydrogen-bond donors (Lipinski definition) is 1. The molecule has 3 nitrogen and oxygen atoms in total. The molecule has 0 aromatic rings. The highest BCUT2D eigenvalue weighted by Crippen LogP contribution is 2.16. The standard InChI is InChI=1S/C10H20N2O/c1-8(2)9(10(11)13)12-6-4-3-5-7-12/h8-9H,3-7H2,1-2H3,(H2,11,13)/t9-/m1/s1. The van der Waals surface area contributed by atoms with Crippen LogP contribution in [0.3, 0.4) is 0 Å². The molecule has 0 spiro atoms. The summed E-state index contributed by atoms with van der Waals surface area (Å²) in [6, 6.07) is -0.0553. The average molecular weight is 184 g/mol. The first-order chi connectivity index (χ1) is 6.13. The summed E-state index contributed by atoms with van der Waals surface area (Å²) in [5, 5.41) is 0. The summed E-state index contributed by atoms with van der Waals surface area (Å²) in [7, 11) is 0. The third-order valence-electron chi connectivity index (χ3n) is 2.71. The molecule has 1 rings (SSSR count). The number of hydrogen-bond acceptors (Lipinski definition) is 2. The summed E-state index contributed by atoms with van der Waals surface area (Å²) in [6.45, 7) is 6.19. The first kappa shape index (κ1) is 10.5. The minimum atomic E-state index is -0.170. The maximum atomic E-state index is 11.2. The van der Waals surface area contributed by atoms with Gasteiger partial charge >= 0.3 is 0 Å². The molecule has 1 fully saturated rings. The van der Waals surface area contributed by atoms with Gasteiger partial charge in [0.25, 0.3) is 0 Å². The van der Waals surface area contributed by atoms with Crippen LogP contribution in [0.2, 0.25) is 0 Å². The summed E-state index contributed by atoms with van der Waals surface area (Å²) in [5.74, 6) is 0.160. The van der Waals surface area contributed by atoms with E-state index in [1.165, 1.54) is 19.3 Å². The van der Waals surface area contributed by atoms with Crippen LogP contribution in [0.25, 0.3) is 0 Å². The Bertz CT molecular complexity index is 174. The van der Waals surface area contributed by atoms with Gasteiger partial charge in [-0.05, 0) is 31.8 Å². The SMILES string of the molecule is CC(C)[C@H](C(N)=O)N1CCCCC1. The van der Waals surface area contributed by atoms with Gasteiger partial charge in [0.2, 0.25) is 5.91 Å². The molecule has 0 radical (unpaired) electrons. The molecule has 0 unspecified atom stereocenters. The Kier molecular flexibility index (Phi) is 3.72. The summed E-state index contributed by atoms with van der Waals surface area (Å²) in [4.78, 5) is 13.5. The molecule has 0 aromatic heterocycles. The fraction of sp³-hybridized carbons (Fsp3) is 0.900. The number of carbonyl (C=O) groups excluding carboxylic acids is 1. The van der Waals surface area contributed by atoms with Crippen molar-refractivity contribution in [3.63, 3.8) is 0 Å². The van der Waals surface area contributed by atoms with E-state index in [2.05, 4.69) is 18.7 Å². The van der Waals surface area contributed by atoms with E-state index in [-0.39, 0.29) is 11.9 Å². The molecule has 1 saturated heterocycles. The van der Waals surface area contributed by atoms with Crippen molar-refractivity contribution in [3.05, 3.63) is 0 Å². The average Bonchev–Trinajstić information content (AvgIpc) is 2.04. The molecule has 3 heteroatoms. The summed E-state index contributed by atoms with van der Waals surface area (Å²) in [6.07, 6.45) is 3.70. The van der Waals surface area contributed by atoms with Crippen LogP contribution >= 0.6 is 0 Å². The summed E-state index contributed by atoms with van der Waals surface area (Å²) >= 11 is 0. The maximum absolute atomic E-state index is 11.2. The zero-order chi connectivity index (χ0) is 9.84. The summed E-state index contributed by atoms with van der Waals surface area (Å²) < 4.78 is 0. The van der Waals surface area contributed by atoms with Crippen molar-refractivity contribution in [3.8, 4) is 0 Å². The minimum Gasteiger partial charge on any atom is -0.368 e. The van der Waals surface area contributed by atoms with Crippen LogP contribution in [0.4, 0.5) is 0 Å². The van der Waals surface area contributed by atoms with Crippen LogP contribution < -0.4 is 5.73 Å². The van der Waals surface area contributed by atoms with Gasteiger partial charge in [0.1, 0.15) is 0 Å². The lowest BCUT2D eigenvalue weighted by Crippen LogP contribution is -2.49. The highest BCUT2D eigenvalue weighted by molar-refractivity contribution is 5.80. The van der Waals surface area contributed by atoms with Crippen molar-refractivity contribution in [2.24, 2.45) is 11.7 Å². The van der Waals surface area contributed by atoms with Gasteiger partial charge in [0, 0.05) is 0 Å². The van der Waals surface area contributed by atoms with Gasteiger partial charge in [-0.1, -0.05) is 20.3 Å². The van der Waals surface area contributed by atoms with Crippen LogP contribution in [0, 0.1) is 5.92 Å². The molecule has 1 aliphatic rings. The number of likely N-dealkylation sites (tertiary alicyclic amines) is 1. The number of rotatable bonds is 3. The molecule has 0 bridgehead atoms. The van der Waals surface area contributed by atoms with Gasteiger partial charge in [-0.2, -0.15) is 0 Å². The van der Waals surface area contributed by atoms with Gasteiger partial charge < -0.3 is 5.73 Å². The van der Waals surface area contributed by atoms with Crippen molar-refractivity contribution in [1.82, 2.24) is 4.90 Å². The van der Waals surface area contributed by atoms with Gasteiger partial charge in [0.15, 0.2) is 0 Å². The Labute approximate surface area is 80.3 Å². The highest BCUT2D eigenvalue weighted by atomic mass is 16.1. The number of nitrogens with two attached hydrogens (primary N) is 1. The predicted molar refractivity (Wildman–Crippen MR) is 53.2 cm³/mol. The van der Waals surface area contributed by atoms with Crippen molar-refractivity contribution in [2.45, 2.75) is 39.2 Å². The molecule has 1 aliphatic heterocycles. The summed E-state index contributed by atoms with van der Waals surface area (Å²) in [5.41, 5.74) is 5.39. The molecule has 0 aromatic carbocycles. The van der Waals surface area contributed by atoms with E-state index in [0.29, 0.717) is 5.92 Å². The second kappa shape index (κ2) is 4.61. The normalized spacial score (nSPS) is 21.8. The van der Waals surface area contributed by atoms with E-state index in [4.69, 9.17) is 5.73 Å². The lowest BCUT2D eigenvalue weighted by atomic mass is 9.99. The quantitative estimate of drug-likeness (QED) is 0.710. The third kappa shape index (κ3) is 2.69. The van der Waals surface area contributed by atoms with Crippen LogP contribution in [0.1, 0.15) is 33.1 Å². The number of amides is 1. The molecule has 1 heterocycles. The van der Waals surface area contributed by atoms with Crippen LogP contribution in [0.15, 0.2) is 0 Å². The van der Waals surface area contributed by atoms with Crippen molar-refractivity contribution in [1.29, 1.82) is 0 Å². The number of carbonyl (C=O) groups is 1. The van der Waals surface area contributed by atoms with Gasteiger partial charge in [-0.15, -0.1) is 0 Å². The molecule has 0 aliphatic carbocycles. The highest BCUT2D eigenvalue weighted by Gasteiger charge is 2.27. The fourth-order valence-corrected chi connectivity index (χ4v) is 2.13. The lowest BCUT2D eigenvalue weighted by molar-refractivity contribution is -0.125. The molecule has 1 amide bonds. The first-order valence-corrected chi connectivity index (χ1v) is 5.16. The molecule has 0 saturated carbocycles. The number of piperidine rings is 1. The Balaban J connectivity index is 2.57. The maximum Gasteiger partial charge on any atom is 0.235 e. The van der Waals surface area contributed by atoms with E-state index in [0.717, 1.165) is 13.1 Å². The van der Waals surface area contributed by atoms with E-state index in [1.54, 1.807) is 0 Å². The smallest absolute Gasteiger partial charge is 0.235 e. The zero-order valence-electron chi connectivity index (χ0n) is 8.62. The lowest BCUT2D eigenvalue weighted by Gasteiger charge is -2.34. The van der Waals surface area contributed by atoms with Crippen LogP contribution in [0.5, 0.6) is 0 Å². The Morgan fingerprint density at radius 1 is 1.23 bits per heavy atom. The Morgan fingerprint density at radius 2 is 1.77 bits per heavy atom. The van der Waals surface area contributed by atoms with Gasteiger partial charge in [-0.25, -0.2) is 0 Å². The molecule has 76 valence electrons. The van der Waals surface area contributed by atoms with Crippen molar-refractivity contribution in [2.75, 3.05) is 13.1 Å². The molecular formula is C10H20N2O. The van der Waals surface area contributed by atoms with E-state index in [1.807, 2.05) is 0 Å². The van der Waals surface area contributed by atoms with Crippen molar-refractivity contribution >= 4 is 5.91 Å². The number of nitrogens with zero attached hydrogens (tertiary/aromatic N) is 1. The molecule has 13 heavy (non-hydrogen) atoms. The monoisotopic (exact) mass is 184 g/mol. The number of primary amides is 1. The topological polar surface area (TPSA) is 46.3 Å². The van der Waals surface area contributed by atoms with Gasteiger partial charge in [0.05, 0.1) is 6.04 Å². The Morgan fingerprint density at radius 3 is 2.15 bits per heavy atom.